The summed E-state index contributed by atoms with van der Waals surface area (Å²) in [5.74, 6) is 1.87. The Morgan fingerprint density at radius 3 is 2.55 bits per heavy atom. The van der Waals surface area contributed by atoms with Gasteiger partial charge in [0.1, 0.15) is 0 Å². The third-order valence-electron chi connectivity index (χ3n) is 6.03. The number of rotatable bonds is 6. The van der Waals surface area contributed by atoms with Crippen LogP contribution < -0.4 is 5.32 Å². The quantitative estimate of drug-likeness (QED) is 0.789. The van der Waals surface area contributed by atoms with E-state index in [-0.39, 0.29) is 0 Å². The van der Waals surface area contributed by atoms with Gasteiger partial charge in [-0.2, -0.15) is 0 Å². The van der Waals surface area contributed by atoms with Gasteiger partial charge in [0.05, 0.1) is 0 Å². The third kappa shape index (κ3) is 3.76. The second kappa shape index (κ2) is 7.79. The van der Waals surface area contributed by atoms with E-state index < -0.39 is 0 Å². The number of nitrogens with one attached hydrogen (secondary N) is 1. The first-order valence-corrected chi connectivity index (χ1v) is 9.12. The Bertz CT molecular complexity index is 279. The molecule has 0 aromatic carbocycles. The first-order chi connectivity index (χ1) is 9.69. The summed E-state index contributed by atoms with van der Waals surface area (Å²) in [4.78, 5) is 2.84. The van der Waals surface area contributed by atoms with Crippen LogP contribution in [0.3, 0.4) is 0 Å². The SMILES string of the molecule is CCCC1CCC(NC)C(CN2C(C)CCC2CC)C1. The summed E-state index contributed by atoms with van der Waals surface area (Å²) in [6.07, 6.45) is 11.3. The topological polar surface area (TPSA) is 15.3 Å². The minimum atomic E-state index is 0.758. The first kappa shape index (κ1) is 16.3. The molecule has 1 saturated heterocycles. The molecule has 0 radical (unpaired) electrons. The Morgan fingerprint density at radius 1 is 1.10 bits per heavy atom. The van der Waals surface area contributed by atoms with Crippen LogP contribution in [0.2, 0.25) is 0 Å². The van der Waals surface area contributed by atoms with Crippen molar-refractivity contribution in [1.29, 1.82) is 0 Å². The van der Waals surface area contributed by atoms with Crippen molar-refractivity contribution in [3.8, 4) is 0 Å². The molecule has 1 N–H and O–H groups in total. The molecule has 2 heteroatoms. The van der Waals surface area contributed by atoms with Crippen molar-refractivity contribution in [3.63, 3.8) is 0 Å². The molecule has 2 aliphatic rings. The molecule has 0 aromatic rings. The van der Waals surface area contributed by atoms with Crippen LogP contribution in [0.1, 0.15) is 72.1 Å². The van der Waals surface area contributed by atoms with Gasteiger partial charge in [0.2, 0.25) is 0 Å². The lowest BCUT2D eigenvalue weighted by Crippen LogP contribution is -2.47. The molecule has 1 aliphatic carbocycles. The molecule has 2 nitrogen and oxygen atoms in total. The number of likely N-dealkylation sites (tertiary alicyclic amines) is 1. The van der Waals surface area contributed by atoms with Crippen molar-refractivity contribution in [2.24, 2.45) is 11.8 Å². The average molecular weight is 280 g/mol. The van der Waals surface area contributed by atoms with E-state index in [0.717, 1.165) is 30.0 Å². The molecular weight excluding hydrogens is 244 g/mol. The minimum Gasteiger partial charge on any atom is -0.317 e. The zero-order valence-electron chi connectivity index (χ0n) is 14.2. The monoisotopic (exact) mass is 280 g/mol. The van der Waals surface area contributed by atoms with Crippen molar-refractivity contribution < 1.29 is 0 Å². The minimum absolute atomic E-state index is 0.758. The normalized spacial score (nSPS) is 39.3. The molecule has 2 rings (SSSR count). The lowest BCUT2D eigenvalue weighted by molar-refractivity contribution is 0.109. The standard InChI is InChI=1S/C18H36N2/c1-5-7-15-9-11-18(19-4)16(12-15)13-20-14(3)8-10-17(20)6-2/h14-19H,5-13H2,1-4H3. The van der Waals surface area contributed by atoms with Gasteiger partial charge >= 0.3 is 0 Å². The summed E-state index contributed by atoms with van der Waals surface area (Å²) in [6.45, 7) is 8.49. The van der Waals surface area contributed by atoms with Crippen LogP contribution in [0.4, 0.5) is 0 Å². The molecule has 2 fully saturated rings. The van der Waals surface area contributed by atoms with Gasteiger partial charge in [-0.25, -0.2) is 0 Å². The van der Waals surface area contributed by atoms with Crippen LogP contribution in [0.25, 0.3) is 0 Å². The molecule has 1 aliphatic heterocycles. The molecule has 0 aromatic heterocycles. The molecule has 5 atom stereocenters. The molecule has 0 amide bonds. The molecule has 118 valence electrons. The van der Waals surface area contributed by atoms with Gasteiger partial charge in [-0.05, 0) is 64.3 Å². The summed E-state index contributed by atoms with van der Waals surface area (Å²) < 4.78 is 0. The summed E-state index contributed by atoms with van der Waals surface area (Å²) in [5, 5.41) is 3.61. The summed E-state index contributed by atoms with van der Waals surface area (Å²) in [7, 11) is 2.17. The largest absolute Gasteiger partial charge is 0.317 e. The Morgan fingerprint density at radius 2 is 1.90 bits per heavy atom. The van der Waals surface area contributed by atoms with Crippen LogP contribution in [0.15, 0.2) is 0 Å². The summed E-state index contributed by atoms with van der Waals surface area (Å²) in [5.41, 5.74) is 0. The smallest absolute Gasteiger partial charge is 0.0105 e. The predicted molar refractivity (Wildman–Crippen MR) is 88.1 cm³/mol. The third-order valence-corrected chi connectivity index (χ3v) is 6.03. The van der Waals surface area contributed by atoms with Gasteiger partial charge in [-0.15, -0.1) is 0 Å². The van der Waals surface area contributed by atoms with Crippen LogP contribution in [0.5, 0.6) is 0 Å². The van der Waals surface area contributed by atoms with Crippen molar-refractivity contribution >= 4 is 0 Å². The predicted octanol–water partition coefficient (Wildman–Crippen LogP) is 4.05. The van der Waals surface area contributed by atoms with E-state index in [0.29, 0.717) is 0 Å². The van der Waals surface area contributed by atoms with Gasteiger partial charge in [-0.1, -0.05) is 26.7 Å². The molecule has 5 unspecified atom stereocenters. The van der Waals surface area contributed by atoms with E-state index in [9.17, 15) is 0 Å². The van der Waals surface area contributed by atoms with Crippen LogP contribution in [0, 0.1) is 11.8 Å². The number of nitrogens with zero attached hydrogens (tertiary/aromatic N) is 1. The second-order valence-electron chi connectivity index (χ2n) is 7.31. The fourth-order valence-corrected chi connectivity index (χ4v) is 4.78. The lowest BCUT2D eigenvalue weighted by Gasteiger charge is -2.40. The maximum absolute atomic E-state index is 3.61. The maximum Gasteiger partial charge on any atom is 0.0105 e. The second-order valence-corrected chi connectivity index (χ2v) is 7.31. The highest BCUT2D eigenvalue weighted by Gasteiger charge is 2.35. The van der Waals surface area contributed by atoms with Crippen molar-refractivity contribution in [1.82, 2.24) is 10.2 Å². The first-order valence-electron chi connectivity index (χ1n) is 9.12. The highest BCUT2D eigenvalue weighted by Crippen LogP contribution is 2.35. The van der Waals surface area contributed by atoms with Gasteiger partial charge in [0, 0.05) is 24.7 Å². The molecule has 0 spiro atoms. The molecule has 1 saturated carbocycles. The van der Waals surface area contributed by atoms with Crippen molar-refractivity contribution in [2.45, 2.75) is 90.3 Å². The van der Waals surface area contributed by atoms with Gasteiger partial charge in [0.15, 0.2) is 0 Å². The van der Waals surface area contributed by atoms with Crippen LogP contribution in [-0.2, 0) is 0 Å². The van der Waals surface area contributed by atoms with E-state index in [2.05, 4.69) is 38.0 Å². The summed E-state index contributed by atoms with van der Waals surface area (Å²) in [6, 6.07) is 2.42. The Kier molecular flexibility index (Phi) is 6.35. The average Bonchev–Trinajstić information content (AvgIpc) is 2.80. The van der Waals surface area contributed by atoms with E-state index in [1.54, 1.807) is 0 Å². The van der Waals surface area contributed by atoms with Gasteiger partial charge in [0.25, 0.3) is 0 Å². The van der Waals surface area contributed by atoms with E-state index in [1.165, 1.54) is 57.9 Å². The van der Waals surface area contributed by atoms with Crippen LogP contribution in [-0.4, -0.2) is 36.6 Å². The lowest BCUT2D eigenvalue weighted by atomic mass is 9.76. The molecular formula is C18H36N2. The van der Waals surface area contributed by atoms with Crippen molar-refractivity contribution in [2.75, 3.05) is 13.6 Å². The van der Waals surface area contributed by atoms with Gasteiger partial charge < -0.3 is 5.32 Å². The fourth-order valence-electron chi connectivity index (χ4n) is 4.78. The molecule has 20 heavy (non-hydrogen) atoms. The Balaban J connectivity index is 1.96. The van der Waals surface area contributed by atoms with Crippen molar-refractivity contribution in [3.05, 3.63) is 0 Å². The number of hydrogen-bond donors (Lipinski definition) is 1. The zero-order valence-corrected chi connectivity index (χ0v) is 14.2. The van der Waals surface area contributed by atoms with Gasteiger partial charge in [-0.3, -0.25) is 4.90 Å². The summed E-state index contributed by atoms with van der Waals surface area (Å²) >= 11 is 0. The highest BCUT2D eigenvalue weighted by molar-refractivity contribution is 4.91. The highest BCUT2D eigenvalue weighted by atomic mass is 15.2. The van der Waals surface area contributed by atoms with E-state index in [4.69, 9.17) is 0 Å². The molecule has 1 heterocycles. The Hall–Kier alpha value is -0.0800. The van der Waals surface area contributed by atoms with E-state index in [1.807, 2.05) is 0 Å². The fraction of sp³-hybridized carbons (Fsp3) is 1.00. The maximum atomic E-state index is 3.61. The molecule has 0 bridgehead atoms. The number of hydrogen-bond acceptors (Lipinski definition) is 2. The van der Waals surface area contributed by atoms with Crippen LogP contribution >= 0.6 is 0 Å². The Labute approximate surface area is 126 Å². The van der Waals surface area contributed by atoms with E-state index >= 15 is 0 Å². The zero-order chi connectivity index (χ0) is 14.5.